The van der Waals surface area contributed by atoms with Crippen LogP contribution in [0.5, 0.6) is 0 Å². The zero-order valence-electron chi connectivity index (χ0n) is 9.24. The summed E-state index contributed by atoms with van der Waals surface area (Å²) in [6.07, 6.45) is 1.34. The van der Waals surface area contributed by atoms with Crippen molar-refractivity contribution in [3.05, 3.63) is 42.0 Å². The van der Waals surface area contributed by atoms with Gasteiger partial charge < -0.3 is 10.7 Å². The SMILES string of the molecule is Cc1ccc(Nc2cc(NN)ncn2)c(F)c1. The number of hydrogen-bond acceptors (Lipinski definition) is 5. The predicted octanol–water partition coefficient (Wildman–Crippen LogP) is 1.95. The third-order valence-corrected chi connectivity index (χ3v) is 2.20. The van der Waals surface area contributed by atoms with Crippen LogP contribution in [0.4, 0.5) is 21.7 Å². The number of rotatable bonds is 3. The van der Waals surface area contributed by atoms with Gasteiger partial charge >= 0.3 is 0 Å². The summed E-state index contributed by atoms with van der Waals surface area (Å²) >= 11 is 0. The zero-order valence-corrected chi connectivity index (χ0v) is 9.24. The predicted molar refractivity (Wildman–Crippen MR) is 64.3 cm³/mol. The molecule has 5 nitrogen and oxygen atoms in total. The van der Waals surface area contributed by atoms with Crippen molar-refractivity contribution in [3.8, 4) is 0 Å². The molecule has 6 heteroatoms. The van der Waals surface area contributed by atoms with Gasteiger partial charge in [-0.15, -0.1) is 0 Å². The summed E-state index contributed by atoms with van der Waals surface area (Å²) in [5.41, 5.74) is 3.61. The third kappa shape index (κ3) is 2.67. The van der Waals surface area contributed by atoms with E-state index in [4.69, 9.17) is 5.84 Å². The van der Waals surface area contributed by atoms with Crippen molar-refractivity contribution in [2.75, 3.05) is 10.7 Å². The fourth-order valence-corrected chi connectivity index (χ4v) is 1.36. The molecule has 1 aromatic heterocycles. The minimum atomic E-state index is -0.328. The molecule has 88 valence electrons. The normalized spacial score (nSPS) is 10.1. The standard InChI is InChI=1S/C11H12FN5/c1-7-2-3-9(8(12)4-7)16-10-5-11(17-13)15-6-14-10/h2-6H,13H2,1H3,(H2,14,15,16,17). The number of halogens is 1. The van der Waals surface area contributed by atoms with Crippen molar-refractivity contribution in [1.82, 2.24) is 9.97 Å². The highest BCUT2D eigenvalue weighted by Gasteiger charge is 2.04. The van der Waals surface area contributed by atoms with Crippen LogP contribution in [0.2, 0.25) is 0 Å². The van der Waals surface area contributed by atoms with Crippen LogP contribution in [-0.2, 0) is 0 Å². The van der Waals surface area contributed by atoms with Crippen molar-refractivity contribution in [2.24, 2.45) is 5.84 Å². The monoisotopic (exact) mass is 233 g/mol. The van der Waals surface area contributed by atoms with Gasteiger partial charge in [0.05, 0.1) is 5.69 Å². The van der Waals surface area contributed by atoms with E-state index >= 15 is 0 Å². The molecule has 0 aliphatic heterocycles. The number of benzene rings is 1. The third-order valence-electron chi connectivity index (χ3n) is 2.20. The van der Waals surface area contributed by atoms with Crippen LogP contribution in [0.25, 0.3) is 0 Å². The van der Waals surface area contributed by atoms with E-state index in [1.165, 1.54) is 12.4 Å². The van der Waals surface area contributed by atoms with Gasteiger partial charge in [-0.1, -0.05) is 6.07 Å². The average molecular weight is 233 g/mol. The maximum Gasteiger partial charge on any atom is 0.146 e. The Morgan fingerprint density at radius 1 is 1.18 bits per heavy atom. The van der Waals surface area contributed by atoms with Crippen molar-refractivity contribution in [1.29, 1.82) is 0 Å². The first-order chi connectivity index (χ1) is 8.19. The molecule has 1 heterocycles. The number of nitrogens with zero attached hydrogens (tertiary/aromatic N) is 2. The number of nitrogens with one attached hydrogen (secondary N) is 2. The summed E-state index contributed by atoms with van der Waals surface area (Å²) < 4.78 is 13.6. The first-order valence-electron chi connectivity index (χ1n) is 5.01. The van der Waals surface area contributed by atoms with Gasteiger partial charge in [0.2, 0.25) is 0 Å². The van der Waals surface area contributed by atoms with Crippen molar-refractivity contribution >= 4 is 17.3 Å². The molecule has 0 fully saturated rings. The number of hydrazine groups is 1. The van der Waals surface area contributed by atoms with E-state index in [9.17, 15) is 4.39 Å². The molecule has 0 aliphatic carbocycles. The largest absolute Gasteiger partial charge is 0.338 e. The number of hydrogen-bond donors (Lipinski definition) is 3. The minimum Gasteiger partial charge on any atom is -0.338 e. The van der Waals surface area contributed by atoms with Crippen LogP contribution in [-0.4, -0.2) is 9.97 Å². The van der Waals surface area contributed by atoms with E-state index in [1.54, 1.807) is 12.1 Å². The zero-order chi connectivity index (χ0) is 12.3. The van der Waals surface area contributed by atoms with Gasteiger partial charge in [-0.3, -0.25) is 0 Å². The molecule has 1 aromatic carbocycles. The number of nitrogens with two attached hydrogens (primary N) is 1. The molecule has 0 amide bonds. The molecule has 0 atom stereocenters. The van der Waals surface area contributed by atoms with Gasteiger partial charge in [0.15, 0.2) is 0 Å². The smallest absolute Gasteiger partial charge is 0.146 e. The van der Waals surface area contributed by atoms with E-state index in [2.05, 4.69) is 20.7 Å². The highest BCUT2D eigenvalue weighted by atomic mass is 19.1. The minimum absolute atomic E-state index is 0.328. The molecule has 0 bridgehead atoms. The number of aromatic nitrogens is 2. The van der Waals surface area contributed by atoms with Crippen LogP contribution in [0.3, 0.4) is 0 Å². The van der Waals surface area contributed by atoms with Gasteiger partial charge in [-0.2, -0.15) is 0 Å². The Bertz CT molecular complexity index is 529. The average Bonchev–Trinajstić information content (AvgIpc) is 2.33. The Hall–Kier alpha value is -2.21. The van der Waals surface area contributed by atoms with Crippen LogP contribution in [0, 0.1) is 12.7 Å². The molecule has 2 aromatic rings. The molecule has 0 aliphatic rings. The Morgan fingerprint density at radius 3 is 2.65 bits per heavy atom. The molecule has 2 rings (SSSR count). The lowest BCUT2D eigenvalue weighted by atomic mass is 10.2. The fourth-order valence-electron chi connectivity index (χ4n) is 1.36. The van der Waals surface area contributed by atoms with E-state index in [1.807, 2.05) is 13.0 Å². The molecule has 0 unspecified atom stereocenters. The van der Waals surface area contributed by atoms with Crippen LogP contribution < -0.4 is 16.6 Å². The molecule has 0 spiro atoms. The number of anilines is 3. The van der Waals surface area contributed by atoms with E-state index in [-0.39, 0.29) is 5.82 Å². The Kier molecular flexibility index (Phi) is 3.15. The molecule has 17 heavy (non-hydrogen) atoms. The molecule has 0 radical (unpaired) electrons. The quantitative estimate of drug-likeness (QED) is 0.558. The van der Waals surface area contributed by atoms with E-state index in [0.717, 1.165) is 5.56 Å². The summed E-state index contributed by atoms with van der Waals surface area (Å²) in [5.74, 6) is 5.81. The number of nitrogen functional groups attached to an aromatic ring is 1. The maximum absolute atomic E-state index is 13.6. The van der Waals surface area contributed by atoms with Crippen LogP contribution in [0.1, 0.15) is 5.56 Å². The van der Waals surface area contributed by atoms with Gasteiger partial charge in [-0.25, -0.2) is 20.2 Å². The molecule has 0 saturated heterocycles. The molecular formula is C11H12FN5. The van der Waals surface area contributed by atoms with Crippen molar-refractivity contribution in [3.63, 3.8) is 0 Å². The Balaban J connectivity index is 2.25. The molecular weight excluding hydrogens is 221 g/mol. The van der Waals surface area contributed by atoms with Crippen molar-refractivity contribution in [2.45, 2.75) is 6.92 Å². The topological polar surface area (TPSA) is 75.9 Å². The first kappa shape index (κ1) is 11.3. The summed E-state index contributed by atoms with van der Waals surface area (Å²) in [4.78, 5) is 7.82. The number of aryl methyl sites for hydroxylation is 1. The molecule has 0 saturated carbocycles. The summed E-state index contributed by atoms with van der Waals surface area (Å²) in [6, 6.07) is 6.50. The van der Waals surface area contributed by atoms with Gasteiger partial charge in [-0.05, 0) is 24.6 Å². The fraction of sp³-hybridized carbons (Fsp3) is 0.0909. The molecule has 4 N–H and O–H groups in total. The Morgan fingerprint density at radius 2 is 1.94 bits per heavy atom. The van der Waals surface area contributed by atoms with E-state index < -0.39 is 0 Å². The second-order valence-corrected chi connectivity index (χ2v) is 3.54. The van der Waals surface area contributed by atoms with Crippen molar-refractivity contribution < 1.29 is 4.39 Å². The summed E-state index contributed by atoms with van der Waals surface area (Å²) in [6.45, 7) is 1.83. The van der Waals surface area contributed by atoms with Gasteiger partial charge in [0, 0.05) is 6.07 Å². The lowest BCUT2D eigenvalue weighted by Gasteiger charge is -2.08. The highest BCUT2D eigenvalue weighted by molar-refractivity contribution is 5.59. The first-order valence-corrected chi connectivity index (χ1v) is 5.01. The van der Waals surface area contributed by atoms with Gasteiger partial charge in [0.1, 0.15) is 23.8 Å². The second-order valence-electron chi connectivity index (χ2n) is 3.54. The lowest BCUT2D eigenvalue weighted by Crippen LogP contribution is -2.09. The van der Waals surface area contributed by atoms with Crippen LogP contribution in [0.15, 0.2) is 30.6 Å². The lowest BCUT2D eigenvalue weighted by molar-refractivity contribution is 0.630. The Labute approximate surface area is 97.9 Å². The second kappa shape index (κ2) is 4.75. The summed E-state index contributed by atoms with van der Waals surface area (Å²) in [7, 11) is 0. The van der Waals surface area contributed by atoms with E-state index in [0.29, 0.717) is 17.3 Å². The summed E-state index contributed by atoms with van der Waals surface area (Å²) in [5, 5.41) is 2.85. The highest BCUT2D eigenvalue weighted by Crippen LogP contribution is 2.20. The van der Waals surface area contributed by atoms with Crippen LogP contribution >= 0.6 is 0 Å². The van der Waals surface area contributed by atoms with Gasteiger partial charge in [0.25, 0.3) is 0 Å². The maximum atomic E-state index is 13.6.